The first-order chi connectivity index (χ1) is 8.25. The topological polar surface area (TPSA) is 89.1 Å². The summed E-state index contributed by atoms with van der Waals surface area (Å²) in [4.78, 5) is 21.8. The van der Waals surface area contributed by atoms with Gasteiger partial charge >= 0.3 is 0 Å². The van der Waals surface area contributed by atoms with Gasteiger partial charge in [-0.25, -0.2) is 9.97 Å². The van der Waals surface area contributed by atoms with Gasteiger partial charge in [-0.3, -0.25) is 9.20 Å². The number of hydrogen-bond donors (Lipinski definition) is 2. The van der Waals surface area contributed by atoms with E-state index in [9.17, 15) is 4.79 Å². The number of anilines is 1. The molecule has 0 atom stereocenters. The fourth-order valence-electron chi connectivity index (χ4n) is 1.72. The van der Waals surface area contributed by atoms with Crippen LogP contribution in [0.2, 0.25) is 0 Å². The Labute approximate surface area is 95.8 Å². The monoisotopic (exact) mass is 227 g/mol. The molecule has 84 valence electrons. The summed E-state index contributed by atoms with van der Waals surface area (Å²) < 4.78 is 1.83. The molecule has 0 fully saturated rings. The molecule has 3 N–H and O–H groups in total. The molecular formula is C11H9N5O. The maximum atomic E-state index is 11.0. The minimum atomic E-state index is -0.135. The number of fused-ring (bicyclic) bond motifs is 1. The predicted octanol–water partition coefficient (Wildman–Crippen LogP) is 0.667. The minimum Gasteiger partial charge on any atom is -0.381 e. The number of nitrogens with zero attached hydrogens (tertiary/aromatic N) is 3. The van der Waals surface area contributed by atoms with E-state index in [1.807, 2.05) is 4.40 Å². The zero-order valence-electron chi connectivity index (χ0n) is 8.79. The molecule has 3 aromatic heterocycles. The van der Waals surface area contributed by atoms with Gasteiger partial charge in [0, 0.05) is 30.2 Å². The van der Waals surface area contributed by atoms with E-state index in [2.05, 4.69) is 15.0 Å². The zero-order valence-corrected chi connectivity index (χ0v) is 8.79. The highest BCUT2D eigenvalue weighted by molar-refractivity contribution is 5.68. The third-order valence-corrected chi connectivity index (χ3v) is 2.54. The fraction of sp³-hybridized carbons (Fsp3) is 0. The Morgan fingerprint density at radius 1 is 1.29 bits per heavy atom. The van der Waals surface area contributed by atoms with E-state index in [0.717, 1.165) is 11.3 Å². The number of nitrogens with two attached hydrogens (primary N) is 1. The molecule has 0 bridgehead atoms. The molecule has 0 radical (unpaired) electrons. The summed E-state index contributed by atoms with van der Waals surface area (Å²) >= 11 is 0. The molecule has 17 heavy (non-hydrogen) atoms. The molecule has 0 aromatic carbocycles. The first kappa shape index (κ1) is 9.59. The lowest BCUT2D eigenvalue weighted by Crippen LogP contribution is -2.02. The van der Waals surface area contributed by atoms with Crippen molar-refractivity contribution in [3.05, 3.63) is 47.3 Å². The number of imidazole rings is 1. The summed E-state index contributed by atoms with van der Waals surface area (Å²) in [5.41, 5.74) is 7.91. The zero-order chi connectivity index (χ0) is 11.8. The van der Waals surface area contributed by atoms with E-state index >= 15 is 0 Å². The summed E-state index contributed by atoms with van der Waals surface area (Å²) in [7, 11) is 0. The molecule has 0 aliphatic rings. The van der Waals surface area contributed by atoms with Crippen molar-refractivity contribution in [1.82, 2.24) is 19.4 Å². The van der Waals surface area contributed by atoms with E-state index in [1.165, 1.54) is 6.07 Å². The van der Waals surface area contributed by atoms with Gasteiger partial charge in [-0.1, -0.05) is 0 Å². The van der Waals surface area contributed by atoms with Gasteiger partial charge in [0.15, 0.2) is 11.5 Å². The van der Waals surface area contributed by atoms with Crippen LogP contribution in [0.15, 0.2) is 41.7 Å². The van der Waals surface area contributed by atoms with Crippen molar-refractivity contribution < 1.29 is 0 Å². The first-order valence-corrected chi connectivity index (χ1v) is 5.02. The Bertz CT molecular complexity index is 722. The Morgan fingerprint density at radius 2 is 2.18 bits per heavy atom. The van der Waals surface area contributed by atoms with E-state index < -0.39 is 0 Å². The highest BCUT2D eigenvalue weighted by Crippen LogP contribution is 2.20. The molecule has 0 aliphatic heterocycles. The van der Waals surface area contributed by atoms with Crippen LogP contribution in [0.3, 0.4) is 0 Å². The Hall–Kier alpha value is -2.63. The second-order valence-corrected chi connectivity index (χ2v) is 3.59. The largest absolute Gasteiger partial charge is 0.381 e. The van der Waals surface area contributed by atoms with Crippen LogP contribution in [0.25, 0.3) is 16.9 Å². The Kier molecular flexibility index (Phi) is 1.94. The number of hydrogen-bond acceptors (Lipinski definition) is 4. The number of H-pyrrole nitrogens is 1. The number of pyridine rings is 1. The van der Waals surface area contributed by atoms with E-state index in [0.29, 0.717) is 11.5 Å². The van der Waals surface area contributed by atoms with Gasteiger partial charge in [0.1, 0.15) is 0 Å². The lowest BCUT2D eigenvalue weighted by molar-refractivity contribution is 1.13. The SMILES string of the molecule is Nc1nccn2c(-c3ccc(=O)[nH]c3)cnc12. The van der Waals surface area contributed by atoms with Crippen LogP contribution in [0, 0.1) is 0 Å². The number of aromatic amines is 1. The molecule has 0 saturated heterocycles. The van der Waals surface area contributed by atoms with Gasteiger partial charge in [-0.15, -0.1) is 0 Å². The molecule has 0 amide bonds. The molecule has 3 aromatic rings. The molecular weight excluding hydrogens is 218 g/mol. The van der Waals surface area contributed by atoms with Crippen molar-refractivity contribution >= 4 is 11.5 Å². The highest BCUT2D eigenvalue weighted by atomic mass is 16.1. The maximum absolute atomic E-state index is 11.0. The Morgan fingerprint density at radius 3 is 2.94 bits per heavy atom. The van der Waals surface area contributed by atoms with E-state index in [1.54, 1.807) is 30.9 Å². The van der Waals surface area contributed by atoms with Crippen LogP contribution in [0.5, 0.6) is 0 Å². The van der Waals surface area contributed by atoms with Crippen LogP contribution in [-0.4, -0.2) is 19.4 Å². The first-order valence-electron chi connectivity index (χ1n) is 5.02. The molecule has 0 spiro atoms. The van der Waals surface area contributed by atoms with Gasteiger partial charge in [0.2, 0.25) is 5.56 Å². The summed E-state index contributed by atoms with van der Waals surface area (Å²) in [6.07, 6.45) is 6.72. The summed E-state index contributed by atoms with van der Waals surface area (Å²) in [6, 6.07) is 3.21. The van der Waals surface area contributed by atoms with E-state index in [4.69, 9.17) is 5.73 Å². The lowest BCUT2D eigenvalue weighted by atomic mass is 10.2. The van der Waals surface area contributed by atoms with Crippen LogP contribution in [0.4, 0.5) is 5.82 Å². The van der Waals surface area contributed by atoms with Gasteiger partial charge in [-0.2, -0.15) is 0 Å². The molecule has 3 heterocycles. The van der Waals surface area contributed by atoms with Crippen molar-refractivity contribution in [3.63, 3.8) is 0 Å². The quantitative estimate of drug-likeness (QED) is 0.639. The Balaban J connectivity index is 2.28. The highest BCUT2D eigenvalue weighted by Gasteiger charge is 2.07. The van der Waals surface area contributed by atoms with Gasteiger partial charge in [-0.05, 0) is 6.07 Å². The maximum Gasteiger partial charge on any atom is 0.247 e. The summed E-state index contributed by atoms with van der Waals surface area (Å²) in [6.45, 7) is 0. The number of nitrogen functional groups attached to an aromatic ring is 1. The summed E-state index contributed by atoms with van der Waals surface area (Å²) in [5.74, 6) is 0.378. The van der Waals surface area contributed by atoms with Gasteiger partial charge < -0.3 is 10.7 Å². The van der Waals surface area contributed by atoms with Crippen molar-refractivity contribution in [2.45, 2.75) is 0 Å². The smallest absolute Gasteiger partial charge is 0.247 e. The lowest BCUT2D eigenvalue weighted by Gasteiger charge is -2.01. The number of aromatic nitrogens is 4. The van der Waals surface area contributed by atoms with Crippen molar-refractivity contribution in [3.8, 4) is 11.3 Å². The minimum absolute atomic E-state index is 0.135. The normalized spacial score (nSPS) is 10.8. The average Bonchev–Trinajstić information content (AvgIpc) is 2.75. The second kappa shape index (κ2) is 3.44. The van der Waals surface area contributed by atoms with Crippen molar-refractivity contribution in [1.29, 1.82) is 0 Å². The van der Waals surface area contributed by atoms with Crippen molar-refractivity contribution in [2.24, 2.45) is 0 Å². The van der Waals surface area contributed by atoms with Gasteiger partial charge in [0.25, 0.3) is 0 Å². The van der Waals surface area contributed by atoms with Crippen LogP contribution < -0.4 is 11.3 Å². The molecule has 6 heteroatoms. The number of nitrogens with one attached hydrogen (secondary N) is 1. The molecule has 6 nitrogen and oxygen atoms in total. The number of rotatable bonds is 1. The second-order valence-electron chi connectivity index (χ2n) is 3.59. The van der Waals surface area contributed by atoms with E-state index in [-0.39, 0.29) is 5.56 Å². The van der Waals surface area contributed by atoms with Crippen LogP contribution in [0.1, 0.15) is 0 Å². The third-order valence-electron chi connectivity index (χ3n) is 2.54. The summed E-state index contributed by atoms with van der Waals surface area (Å²) in [5, 5.41) is 0. The molecule has 0 aliphatic carbocycles. The molecule has 0 unspecified atom stereocenters. The third kappa shape index (κ3) is 1.46. The standard InChI is InChI=1S/C11H9N5O/c12-10-11-15-6-8(16(11)4-3-13-10)7-1-2-9(17)14-5-7/h1-6H,(H2,12,13)(H,14,17). The van der Waals surface area contributed by atoms with Crippen molar-refractivity contribution in [2.75, 3.05) is 5.73 Å². The van der Waals surface area contributed by atoms with Crippen LogP contribution >= 0.6 is 0 Å². The fourth-order valence-corrected chi connectivity index (χ4v) is 1.72. The molecule has 0 saturated carbocycles. The van der Waals surface area contributed by atoms with Gasteiger partial charge in [0.05, 0.1) is 11.9 Å². The van der Waals surface area contributed by atoms with Crippen LogP contribution in [-0.2, 0) is 0 Å². The molecule has 3 rings (SSSR count). The predicted molar refractivity (Wildman–Crippen MR) is 63.5 cm³/mol. The average molecular weight is 227 g/mol.